The van der Waals surface area contributed by atoms with Crippen LogP contribution in [0.2, 0.25) is 0 Å². The van der Waals surface area contributed by atoms with Crippen LogP contribution in [0.15, 0.2) is 97.1 Å². The van der Waals surface area contributed by atoms with Gasteiger partial charge in [-0.25, -0.2) is 0 Å². The number of piperidine rings is 1. The van der Waals surface area contributed by atoms with Gasteiger partial charge in [0.05, 0.1) is 12.0 Å². The van der Waals surface area contributed by atoms with E-state index in [2.05, 4.69) is 71.6 Å². The molecule has 0 radical (unpaired) electrons. The Morgan fingerprint density at radius 1 is 0.853 bits per heavy atom. The number of carbonyl (C=O) groups is 1. The largest absolute Gasteiger partial charge is 0.489 e. The minimum absolute atomic E-state index is 0.0593. The molecule has 4 heteroatoms. The van der Waals surface area contributed by atoms with Crippen molar-refractivity contribution >= 4 is 16.7 Å². The van der Waals surface area contributed by atoms with E-state index in [-0.39, 0.29) is 12.0 Å². The highest BCUT2D eigenvalue weighted by Gasteiger charge is 2.30. The number of aliphatic carboxylic acids is 1. The summed E-state index contributed by atoms with van der Waals surface area (Å²) in [5, 5.41) is 11.9. The summed E-state index contributed by atoms with van der Waals surface area (Å²) in [6.45, 7) is 2.06. The van der Waals surface area contributed by atoms with Crippen LogP contribution in [0.4, 0.5) is 0 Å². The maximum atomic E-state index is 11.5. The lowest BCUT2D eigenvalue weighted by atomic mass is 9.89. The number of carboxylic acids is 1. The summed E-state index contributed by atoms with van der Waals surface area (Å²) in [5.74, 6) is -0.0895. The van der Waals surface area contributed by atoms with Crippen LogP contribution < -0.4 is 4.74 Å². The number of benzene rings is 4. The topological polar surface area (TPSA) is 49.8 Å². The zero-order valence-corrected chi connectivity index (χ0v) is 19.1. The molecule has 0 saturated carbocycles. The third kappa shape index (κ3) is 4.82. The Kier molecular flexibility index (Phi) is 6.59. The van der Waals surface area contributed by atoms with E-state index in [0.717, 1.165) is 24.4 Å². The second-order valence-corrected chi connectivity index (χ2v) is 8.96. The van der Waals surface area contributed by atoms with Gasteiger partial charge in [-0.2, -0.15) is 0 Å². The van der Waals surface area contributed by atoms with Gasteiger partial charge in [0, 0.05) is 0 Å². The molecule has 1 N–H and O–H groups in total. The standard InChI is InChI=1S/C30H29NO3/c32-30(33)25-17-19-31(20-18-25)29(28-12-6-10-23-9-4-5-11-27(23)28)24-13-15-26(16-14-24)34-21-22-7-2-1-3-8-22/h1-16,25,29H,17-21H2,(H,32,33). The molecule has 34 heavy (non-hydrogen) atoms. The lowest BCUT2D eigenvalue weighted by Crippen LogP contribution is -2.39. The van der Waals surface area contributed by atoms with Crippen molar-refractivity contribution in [3.8, 4) is 5.75 Å². The van der Waals surface area contributed by atoms with Crippen LogP contribution in [-0.4, -0.2) is 29.1 Å². The summed E-state index contributed by atoms with van der Waals surface area (Å²) in [5.41, 5.74) is 3.59. The number of likely N-dealkylation sites (tertiary alicyclic amines) is 1. The van der Waals surface area contributed by atoms with Crippen LogP contribution in [-0.2, 0) is 11.4 Å². The third-order valence-corrected chi connectivity index (χ3v) is 6.81. The highest BCUT2D eigenvalue weighted by molar-refractivity contribution is 5.86. The van der Waals surface area contributed by atoms with Gasteiger partial charge in [0.15, 0.2) is 0 Å². The molecule has 1 heterocycles. The molecular weight excluding hydrogens is 422 g/mol. The van der Waals surface area contributed by atoms with Gasteiger partial charge in [-0.3, -0.25) is 9.69 Å². The molecule has 0 bridgehead atoms. The van der Waals surface area contributed by atoms with Gasteiger partial charge < -0.3 is 9.84 Å². The van der Waals surface area contributed by atoms with E-state index in [9.17, 15) is 9.90 Å². The van der Waals surface area contributed by atoms with Gasteiger partial charge in [0.2, 0.25) is 0 Å². The average molecular weight is 452 g/mol. The lowest BCUT2D eigenvalue weighted by Gasteiger charge is -2.37. The molecule has 1 fully saturated rings. The average Bonchev–Trinajstić information content (AvgIpc) is 2.89. The van der Waals surface area contributed by atoms with Crippen molar-refractivity contribution in [3.63, 3.8) is 0 Å². The molecule has 0 aromatic heterocycles. The van der Waals surface area contributed by atoms with E-state index in [1.165, 1.54) is 21.9 Å². The summed E-state index contributed by atoms with van der Waals surface area (Å²) in [6.07, 6.45) is 1.35. The first-order valence-corrected chi connectivity index (χ1v) is 11.9. The quantitative estimate of drug-likeness (QED) is 0.358. The first-order chi connectivity index (χ1) is 16.7. The van der Waals surface area contributed by atoms with Crippen LogP contribution in [0.3, 0.4) is 0 Å². The first kappa shape index (κ1) is 22.2. The van der Waals surface area contributed by atoms with Crippen molar-refractivity contribution in [1.29, 1.82) is 0 Å². The van der Waals surface area contributed by atoms with Crippen molar-refractivity contribution in [1.82, 2.24) is 4.90 Å². The summed E-state index contributed by atoms with van der Waals surface area (Å²) in [4.78, 5) is 13.9. The Hall–Kier alpha value is -3.63. The molecule has 1 aliphatic rings. The fourth-order valence-electron chi connectivity index (χ4n) is 4.97. The maximum absolute atomic E-state index is 11.5. The first-order valence-electron chi connectivity index (χ1n) is 11.9. The molecule has 1 saturated heterocycles. The van der Waals surface area contributed by atoms with Gasteiger partial charge in [0.1, 0.15) is 12.4 Å². The number of hydrogen-bond donors (Lipinski definition) is 1. The van der Waals surface area contributed by atoms with Gasteiger partial charge in [-0.15, -0.1) is 0 Å². The van der Waals surface area contributed by atoms with Crippen LogP contribution in [0, 0.1) is 5.92 Å². The Balaban J connectivity index is 1.44. The predicted molar refractivity (Wildman–Crippen MR) is 135 cm³/mol. The van der Waals surface area contributed by atoms with E-state index in [1.54, 1.807) is 0 Å². The zero-order chi connectivity index (χ0) is 23.3. The molecule has 0 spiro atoms. The number of ether oxygens (including phenoxy) is 1. The predicted octanol–water partition coefficient (Wildman–Crippen LogP) is 6.30. The Labute approximate surface area is 200 Å². The van der Waals surface area contributed by atoms with Gasteiger partial charge >= 0.3 is 5.97 Å². The highest BCUT2D eigenvalue weighted by Crippen LogP contribution is 2.36. The van der Waals surface area contributed by atoms with Gasteiger partial charge in [0.25, 0.3) is 0 Å². The second kappa shape index (κ2) is 10.1. The summed E-state index contributed by atoms with van der Waals surface area (Å²) < 4.78 is 6.01. The summed E-state index contributed by atoms with van der Waals surface area (Å²) in [7, 11) is 0. The van der Waals surface area contributed by atoms with Gasteiger partial charge in [-0.1, -0.05) is 84.9 Å². The number of carboxylic acid groups (broad SMARTS) is 1. The highest BCUT2D eigenvalue weighted by atomic mass is 16.5. The molecule has 1 aliphatic heterocycles. The minimum atomic E-state index is -0.679. The molecule has 1 unspecified atom stereocenters. The number of nitrogens with zero attached hydrogens (tertiary/aromatic N) is 1. The molecule has 4 nitrogen and oxygen atoms in total. The van der Waals surface area contributed by atoms with Crippen molar-refractivity contribution < 1.29 is 14.6 Å². The minimum Gasteiger partial charge on any atom is -0.489 e. The van der Waals surface area contributed by atoms with E-state index in [0.29, 0.717) is 19.4 Å². The SMILES string of the molecule is O=C(O)C1CCN(C(c2ccc(OCc3ccccc3)cc2)c2cccc3ccccc23)CC1. The van der Waals surface area contributed by atoms with Crippen LogP contribution >= 0.6 is 0 Å². The zero-order valence-electron chi connectivity index (χ0n) is 19.1. The smallest absolute Gasteiger partial charge is 0.306 e. The molecule has 4 aromatic carbocycles. The number of fused-ring (bicyclic) bond motifs is 1. The number of rotatable bonds is 7. The fraction of sp³-hybridized carbons (Fsp3) is 0.233. The molecule has 1 atom stereocenters. The fourth-order valence-corrected chi connectivity index (χ4v) is 4.97. The molecule has 5 rings (SSSR count). The normalized spacial score (nSPS) is 15.8. The van der Waals surface area contributed by atoms with Crippen molar-refractivity contribution in [2.24, 2.45) is 5.92 Å². The Morgan fingerprint density at radius 2 is 1.53 bits per heavy atom. The maximum Gasteiger partial charge on any atom is 0.306 e. The van der Waals surface area contributed by atoms with Crippen molar-refractivity contribution in [2.45, 2.75) is 25.5 Å². The number of hydrogen-bond acceptors (Lipinski definition) is 3. The summed E-state index contributed by atoms with van der Waals surface area (Å²) in [6, 6.07) is 33.5. The van der Waals surface area contributed by atoms with Crippen LogP contribution in [0.25, 0.3) is 10.8 Å². The second-order valence-electron chi connectivity index (χ2n) is 8.96. The van der Waals surface area contributed by atoms with Crippen molar-refractivity contribution in [3.05, 3.63) is 114 Å². The van der Waals surface area contributed by atoms with Gasteiger partial charge in [-0.05, 0) is 65.5 Å². The lowest BCUT2D eigenvalue weighted by molar-refractivity contribution is -0.143. The van der Waals surface area contributed by atoms with Crippen molar-refractivity contribution in [2.75, 3.05) is 13.1 Å². The molecule has 0 amide bonds. The molecule has 172 valence electrons. The molecule has 0 aliphatic carbocycles. The van der Waals surface area contributed by atoms with Crippen LogP contribution in [0.1, 0.15) is 35.6 Å². The van der Waals surface area contributed by atoms with E-state index >= 15 is 0 Å². The molecule has 4 aromatic rings. The molecular formula is C30H29NO3. The third-order valence-electron chi connectivity index (χ3n) is 6.81. The Morgan fingerprint density at radius 3 is 2.26 bits per heavy atom. The summed E-state index contributed by atoms with van der Waals surface area (Å²) >= 11 is 0. The Bertz CT molecular complexity index is 1240. The van der Waals surface area contributed by atoms with E-state index in [4.69, 9.17) is 4.74 Å². The van der Waals surface area contributed by atoms with E-state index < -0.39 is 5.97 Å². The van der Waals surface area contributed by atoms with Crippen LogP contribution in [0.5, 0.6) is 5.75 Å². The van der Waals surface area contributed by atoms with E-state index in [1.807, 2.05) is 30.3 Å². The monoisotopic (exact) mass is 451 g/mol.